The number of aromatic nitrogens is 1. The summed E-state index contributed by atoms with van der Waals surface area (Å²) < 4.78 is 0. The Kier molecular flexibility index (Phi) is 4.68. The summed E-state index contributed by atoms with van der Waals surface area (Å²) in [6.07, 6.45) is 0. The van der Waals surface area contributed by atoms with Crippen molar-refractivity contribution in [2.45, 2.75) is 13.8 Å². The number of amides is 1. The number of aryl methyl sites for hydroxylation is 2. The number of carbonyl (C=O) groups is 1. The molecule has 1 heterocycles. The molecule has 0 aliphatic rings. The van der Waals surface area contributed by atoms with Crippen LogP contribution >= 0.6 is 11.3 Å². The van der Waals surface area contributed by atoms with Crippen LogP contribution in [-0.2, 0) is 0 Å². The molecule has 132 valence electrons. The van der Waals surface area contributed by atoms with Gasteiger partial charge in [0.15, 0.2) is 5.13 Å². The van der Waals surface area contributed by atoms with Gasteiger partial charge in [-0.3, -0.25) is 20.2 Å². The third-order valence-corrected chi connectivity index (χ3v) is 4.64. The lowest BCUT2D eigenvalue weighted by atomic mass is 10.0. The molecular formula is C18H16N4O3S. The second kappa shape index (κ2) is 6.93. The number of nitro benzene ring substituents is 1. The van der Waals surface area contributed by atoms with Crippen LogP contribution in [0.3, 0.4) is 0 Å². The van der Waals surface area contributed by atoms with Gasteiger partial charge in [0.2, 0.25) is 0 Å². The normalized spacial score (nSPS) is 10.5. The van der Waals surface area contributed by atoms with Crippen molar-refractivity contribution in [3.8, 4) is 11.3 Å². The van der Waals surface area contributed by atoms with Crippen LogP contribution < -0.4 is 11.1 Å². The van der Waals surface area contributed by atoms with Crippen molar-refractivity contribution in [3.63, 3.8) is 0 Å². The van der Waals surface area contributed by atoms with Crippen molar-refractivity contribution < 1.29 is 9.72 Å². The number of nitrogens with two attached hydrogens (primary N) is 1. The van der Waals surface area contributed by atoms with Crippen LogP contribution in [-0.4, -0.2) is 15.8 Å². The van der Waals surface area contributed by atoms with Gasteiger partial charge in [-0.1, -0.05) is 17.7 Å². The number of thiazole rings is 1. The van der Waals surface area contributed by atoms with E-state index in [9.17, 15) is 14.9 Å². The van der Waals surface area contributed by atoms with Crippen molar-refractivity contribution in [2.24, 2.45) is 0 Å². The molecule has 2 aromatic carbocycles. The molecule has 7 nitrogen and oxygen atoms in total. The third kappa shape index (κ3) is 3.55. The molecule has 0 aliphatic carbocycles. The Morgan fingerprint density at radius 1 is 1.23 bits per heavy atom. The predicted octanol–water partition coefficient (Wildman–Crippen LogP) is 4.17. The van der Waals surface area contributed by atoms with E-state index in [0.717, 1.165) is 28.5 Å². The summed E-state index contributed by atoms with van der Waals surface area (Å²) in [5.74, 6) is -0.477. The number of carbonyl (C=O) groups excluding carboxylic acids is 1. The van der Waals surface area contributed by atoms with Crippen molar-refractivity contribution >= 4 is 33.8 Å². The Labute approximate surface area is 153 Å². The van der Waals surface area contributed by atoms with E-state index < -0.39 is 10.8 Å². The van der Waals surface area contributed by atoms with Gasteiger partial charge < -0.3 is 5.73 Å². The number of benzene rings is 2. The Morgan fingerprint density at radius 3 is 2.73 bits per heavy atom. The first kappa shape index (κ1) is 17.6. The minimum Gasteiger partial charge on any atom is -0.393 e. The Hall–Kier alpha value is -3.26. The summed E-state index contributed by atoms with van der Waals surface area (Å²) in [4.78, 5) is 27.2. The van der Waals surface area contributed by atoms with E-state index in [-0.39, 0.29) is 16.9 Å². The van der Waals surface area contributed by atoms with Crippen LogP contribution in [0, 0.1) is 24.0 Å². The highest BCUT2D eigenvalue weighted by Gasteiger charge is 2.17. The lowest BCUT2D eigenvalue weighted by Gasteiger charge is -2.04. The van der Waals surface area contributed by atoms with Gasteiger partial charge >= 0.3 is 0 Å². The van der Waals surface area contributed by atoms with E-state index >= 15 is 0 Å². The summed E-state index contributed by atoms with van der Waals surface area (Å²) in [7, 11) is 0. The maximum Gasteiger partial charge on any atom is 0.292 e. The number of nitrogen functional groups attached to an aromatic ring is 1. The minimum absolute atomic E-state index is 0.0120. The van der Waals surface area contributed by atoms with E-state index in [1.807, 2.05) is 37.4 Å². The molecule has 1 amide bonds. The predicted molar refractivity (Wildman–Crippen MR) is 102 cm³/mol. The number of nitrogens with one attached hydrogen (secondary N) is 1. The number of nitrogens with zero attached hydrogens (tertiary/aromatic N) is 2. The fourth-order valence-electron chi connectivity index (χ4n) is 2.48. The lowest BCUT2D eigenvalue weighted by molar-refractivity contribution is -0.383. The lowest BCUT2D eigenvalue weighted by Crippen LogP contribution is -2.12. The van der Waals surface area contributed by atoms with Crippen LogP contribution in [0.2, 0.25) is 0 Å². The van der Waals surface area contributed by atoms with E-state index in [4.69, 9.17) is 5.73 Å². The molecule has 8 heteroatoms. The van der Waals surface area contributed by atoms with Crippen molar-refractivity contribution in [1.29, 1.82) is 0 Å². The minimum atomic E-state index is -0.617. The zero-order valence-electron chi connectivity index (χ0n) is 14.1. The molecule has 0 unspecified atom stereocenters. The largest absolute Gasteiger partial charge is 0.393 e. The zero-order valence-corrected chi connectivity index (χ0v) is 15.0. The van der Waals surface area contributed by atoms with E-state index in [2.05, 4.69) is 10.3 Å². The molecule has 0 saturated heterocycles. The number of nitro groups is 1. The van der Waals surface area contributed by atoms with E-state index in [1.165, 1.54) is 23.5 Å². The van der Waals surface area contributed by atoms with Crippen LogP contribution in [0.4, 0.5) is 16.5 Å². The van der Waals surface area contributed by atoms with Gasteiger partial charge in [-0.25, -0.2) is 4.98 Å². The molecular weight excluding hydrogens is 352 g/mol. The van der Waals surface area contributed by atoms with Gasteiger partial charge in [0.05, 0.1) is 10.6 Å². The highest BCUT2D eigenvalue weighted by molar-refractivity contribution is 7.14. The van der Waals surface area contributed by atoms with Gasteiger partial charge in [-0.05, 0) is 37.6 Å². The zero-order chi connectivity index (χ0) is 18.8. The Balaban J connectivity index is 1.83. The van der Waals surface area contributed by atoms with Gasteiger partial charge in [0, 0.05) is 22.6 Å². The number of hydrogen-bond donors (Lipinski definition) is 2. The molecule has 0 radical (unpaired) electrons. The number of hydrogen-bond acceptors (Lipinski definition) is 6. The Bertz CT molecular complexity index is 1010. The average molecular weight is 368 g/mol. The second-order valence-corrected chi connectivity index (χ2v) is 6.70. The van der Waals surface area contributed by atoms with Crippen LogP contribution in [0.15, 0.2) is 41.8 Å². The summed E-state index contributed by atoms with van der Waals surface area (Å²) >= 11 is 1.29. The van der Waals surface area contributed by atoms with Crippen LogP contribution in [0.1, 0.15) is 21.5 Å². The van der Waals surface area contributed by atoms with Crippen molar-refractivity contribution in [3.05, 3.63) is 68.6 Å². The third-order valence-electron chi connectivity index (χ3n) is 3.88. The van der Waals surface area contributed by atoms with E-state index in [1.54, 1.807) is 0 Å². The topological polar surface area (TPSA) is 111 Å². The first-order valence-electron chi connectivity index (χ1n) is 7.73. The summed E-state index contributed by atoms with van der Waals surface area (Å²) in [6.45, 7) is 4.01. The van der Waals surface area contributed by atoms with Crippen molar-refractivity contribution in [1.82, 2.24) is 4.98 Å². The highest BCUT2D eigenvalue weighted by atomic mass is 32.1. The molecule has 3 N–H and O–H groups in total. The van der Waals surface area contributed by atoms with Gasteiger partial charge in [0.1, 0.15) is 5.69 Å². The quantitative estimate of drug-likeness (QED) is 0.408. The molecule has 0 fully saturated rings. The maximum atomic E-state index is 12.4. The maximum absolute atomic E-state index is 12.4. The standard InChI is InChI=1S/C18H16N4O3S/c1-10-3-4-11(2)13(7-10)15-9-26-18(20-15)21-17(23)12-5-6-14(19)16(8-12)22(24)25/h3-9H,19H2,1-2H3,(H,20,21,23). The molecule has 1 aromatic heterocycles. The molecule has 3 aromatic rings. The summed E-state index contributed by atoms with van der Waals surface area (Å²) in [5.41, 5.74) is 9.41. The van der Waals surface area contributed by atoms with Crippen molar-refractivity contribution in [2.75, 3.05) is 11.1 Å². The van der Waals surface area contributed by atoms with Gasteiger partial charge in [0.25, 0.3) is 11.6 Å². The SMILES string of the molecule is Cc1ccc(C)c(-c2csc(NC(=O)c3ccc(N)c([N+](=O)[O-])c3)n2)c1. The molecule has 0 spiro atoms. The summed E-state index contributed by atoms with van der Waals surface area (Å²) in [6, 6.07) is 10.0. The van der Waals surface area contributed by atoms with Crippen LogP contribution in [0.5, 0.6) is 0 Å². The summed E-state index contributed by atoms with van der Waals surface area (Å²) in [5, 5.41) is 15.9. The fraction of sp³-hybridized carbons (Fsp3) is 0.111. The number of rotatable bonds is 4. The highest BCUT2D eigenvalue weighted by Crippen LogP contribution is 2.29. The average Bonchev–Trinajstić information content (AvgIpc) is 3.05. The molecule has 0 saturated carbocycles. The van der Waals surface area contributed by atoms with Gasteiger partial charge in [-0.2, -0.15) is 0 Å². The first-order valence-corrected chi connectivity index (χ1v) is 8.61. The van der Waals surface area contributed by atoms with Crippen LogP contribution in [0.25, 0.3) is 11.3 Å². The first-order chi connectivity index (χ1) is 12.3. The molecule has 26 heavy (non-hydrogen) atoms. The Morgan fingerprint density at radius 2 is 2.00 bits per heavy atom. The molecule has 3 rings (SSSR count). The molecule has 0 aliphatic heterocycles. The van der Waals surface area contributed by atoms with Gasteiger partial charge in [-0.15, -0.1) is 11.3 Å². The number of anilines is 2. The second-order valence-electron chi connectivity index (χ2n) is 5.84. The monoisotopic (exact) mass is 368 g/mol. The molecule has 0 atom stereocenters. The van der Waals surface area contributed by atoms with E-state index in [0.29, 0.717) is 5.13 Å². The smallest absolute Gasteiger partial charge is 0.292 e. The molecule has 0 bridgehead atoms. The fourth-order valence-corrected chi connectivity index (χ4v) is 3.18.